The second-order valence-electron chi connectivity index (χ2n) is 15.9. The highest BCUT2D eigenvalue weighted by molar-refractivity contribution is 8.00. The quantitative estimate of drug-likeness (QED) is 0.157. The van der Waals surface area contributed by atoms with Crippen LogP contribution in [0.2, 0.25) is 0 Å². The molecule has 0 fully saturated rings. The van der Waals surface area contributed by atoms with Crippen molar-refractivity contribution in [2.24, 2.45) is 0 Å². The first-order chi connectivity index (χ1) is 26.4. The van der Waals surface area contributed by atoms with E-state index in [1.54, 1.807) is 0 Å². The van der Waals surface area contributed by atoms with Gasteiger partial charge < -0.3 is 4.90 Å². The van der Waals surface area contributed by atoms with Crippen molar-refractivity contribution in [1.29, 1.82) is 0 Å². The molecule has 0 radical (unpaired) electrons. The van der Waals surface area contributed by atoms with Gasteiger partial charge in [-0.1, -0.05) is 161 Å². The van der Waals surface area contributed by atoms with Crippen molar-refractivity contribution in [2.75, 3.05) is 4.90 Å². The molecule has 2 aliphatic rings. The molecule has 10 rings (SSSR count). The van der Waals surface area contributed by atoms with E-state index in [9.17, 15) is 0 Å². The number of benzene rings is 7. The Morgan fingerprint density at radius 2 is 1.24 bits per heavy atom. The van der Waals surface area contributed by atoms with Gasteiger partial charge >= 0.3 is 0 Å². The molecule has 7 aromatic carbocycles. The Kier molecular flexibility index (Phi) is 8.12. The number of hydrogen-bond acceptors (Lipinski definition) is 3. The number of rotatable bonds is 6. The number of unbranched alkanes of at least 4 members (excludes halogenated alkanes) is 1. The van der Waals surface area contributed by atoms with Crippen LogP contribution in [-0.4, -0.2) is 6.71 Å². The molecule has 2 aliphatic heterocycles. The molecule has 1 aromatic heterocycles. The van der Waals surface area contributed by atoms with Crippen molar-refractivity contribution < 1.29 is 0 Å². The Bertz CT molecular complexity index is 2720. The van der Waals surface area contributed by atoms with Crippen molar-refractivity contribution >= 4 is 83.4 Å². The first kappa shape index (κ1) is 33.5. The third-order valence-electron chi connectivity index (χ3n) is 11.5. The van der Waals surface area contributed by atoms with Crippen molar-refractivity contribution in [3.8, 4) is 22.3 Å². The highest BCUT2D eigenvalue weighted by atomic mass is 32.2. The van der Waals surface area contributed by atoms with Crippen LogP contribution in [0.25, 0.3) is 42.4 Å². The predicted molar refractivity (Wildman–Crippen MR) is 237 cm³/mol. The fourth-order valence-corrected chi connectivity index (χ4v) is 11.2. The van der Waals surface area contributed by atoms with E-state index in [0.717, 1.165) is 19.3 Å². The Balaban J connectivity index is 1.29. The van der Waals surface area contributed by atoms with E-state index < -0.39 is 0 Å². The Morgan fingerprint density at radius 1 is 0.574 bits per heavy atom. The van der Waals surface area contributed by atoms with Gasteiger partial charge in [-0.25, -0.2) is 0 Å². The van der Waals surface area contributed by atoms with Gasteiger partial charge in [-0.05, 0) is 99.0 Å². The van der Waals surface area contributed by atoms with E-state index in [0.29, 0.717) is 0 Å². The zero-order valence-electron chi connectivity index (χ0n) is 31.3. The van der Waals surface area contributed by atoms with Crippen LogP contribution in [0.4, 0.5) is 17.1 Å². The van der Waals surface area contributed by atoms with Gasteiger partial charge in [0.15, 0.2) is 0 Å². The smallest absolute Gasteiger partial charge is 0.249 e. The summed E-state index contributed by atoms with van der Waals surface area (Å²) in [4.78, 5) is 5.39. The lowest BCUT2D eigenvalue weighted by atomic mass is 9.34. The van der Waals surface area contributed by atoms with Crippen molar-refractivity contribution in [2.45, 2.75) is 62.2 Å². The molecule has 0 saturated carbocycles. The Hall–Kier alpha value is -5.03. The van der Waals surface area contributed by atoms with E-state index in [4.69, 9.17) is 0 Å². The largest absolute Gasteiger partial charge is 0.311 e. The first-order valence-electron chi connectivity index (χ1n) is 19.4. The van der Waals surface area contributed by atoms with Gasteiger partial charge in [-0.15, -0.1) is 11.3 Å². The fourth-order valence-electron chi connectivity index (χ4n) is 8.71. The third-order valence-corrected chi connectivity index (χ3v) is 13.9. The Labute approximate surface area is 327 Å². The summed E-state index contributed by atoms with van der Waals surface area (Å²) in [5, 5.41) is 2.74. The maximum absolute atomic E-state index is 2.66. The second-order valence-corrected chi connectivity index (χ2v) is 18.1. The van der Waals surface area contributed by atoms with Crippen LogP contribution in [-0.2, 0) is 11.8 Å². The highest BCUT2D eigenvalue weighted by Gasteiger charge is 2.42. The standard InChI is InChI=1S/C50H42BNS2/c1-5-6-19-39-42(26-24-38-37-20-13-14-21-45(37)54-49(38)39)52-43-25-22-34(32-15-9-7-10-16-32)28-40(43)51-41-29-35(33-17-11-8-12-18-33)23-27-46(41)53-47-31-36(50(2,3)4)30-44(52)48(47)51/h7-18,20-31H,5-6,19H2,1-4H3. The maximum Gasteiger partial charge on any atom is 0.249 e. The lowest BCUT2D eigenvalue weighted by Crippen LogP contribution is -2.60. The second kappa shape index (κ2) is 13.1. The van der Waals surface area contributed by atoms with Gasteiger partial charge in [0.25, 0.3) is 0 Å². The summed E-state index contributed by atoms with van der Waals surface area (Å²) in [5.41, 5.74) is 16.0. The first-order valence-corrected chi connectivity index (χ1v) is 21.0. The zero-order valence-corrected chi connectivity index (χ0v) is 33.0. The monoisotopic (exact) mass is 731 g/mol. The highest BCUT2D eigenvalue weighted by Crippen LogP contribution is 2.48. The molecule has 0 aliphatic carbocycles. The molecule has 0 atom stereocenters. The van der Waals surface area contributed by atoms with Gasteiger partial charge in [-0.3, -0.25) is 0 Å². The van der Waals surface area contributed by atoms with Crippen LogP contribution in [0, 0.1) is 0 Å². The molecule has 0 spiro atoms. The van der Waals surface area contributed by atoms with Gasteiger partial charge in [0.1, 0.15) is 0 Å². The van der Waals surface area contributed by atoms with Gasteiger partial charge in [-0.2, -0.15) is 0 Å². The minimum atomic E-state index is -0.0113. The van der Waals surface area contributed by atoms with Crippen LogP contribution < -0.4 is 21.3 Å². The molecular formula is C50H42BNS2. The average Bonchev–Trinajstić information content (AvgIpc) is 3.59. The molecule has 54 heavy (non-hydrogen) atoms. The van der Waals surface area contributed by atoms with E-state index in [2.05, 4.69) is 178 Å². The van der Waals surface area contributed by atoms with Gasteiger partial charge in [0.2, 0.25) is 6.71 Å². The van der Waals surface area contributed by atoms with Crippen molar-refractivity contribution in [1.82, 2.24) is 0 Å². The number of nitrogens with zero attached hydrogens (tertiary/aromatic N) is 1. The number of fused-ring (bicyclic) bond motifs is 7. The van der Waals surface area contributed by atoms with E-state index >= 15 is 0 Å². The van der Waals surface area contributed by atoms with Crippen molar-refractivity contribution in [3.05, 3.63) is 157 Å². The molecule has 0 unspecified atom stereocenters. The molecule has 262 valence electrons. The summed E-state index contributed by atoms with van der Waals surface area (Å²) in [7, 11) is 0. The minimum absolute atomic E-state index is 0.0113. The van der Waals surface area contributed by atoms with Crippen molar-refractivity contribution in [3.63, 3.8) is 0 Å². The zero-order chi connectivity index (χ0) is 36.6. The molecule has 4 heteroatoms. The molecule has 1 nitrogen and oxygen atoms in total. The topological polar surface area (TPSA) is 3.24 Å². The number of anilines is 3. The molecule has 0 N–H and O–H groups in total. The van der Waals surface area contributed by atoms with E-state index in [-0.39, 0.29) is 12.1 Å². The predicted octanol–water partition coefficient (Wildman–Crippen LogP) is 12.8. The summed E-state index contributed by atoms with van der Waals surface area (Å²) in [6.45, 7) is 9.49. The normalized spacial score (nSPS) is 13.3. The molecular weight excluding hydrogens is 690 g/mol. The molecule has 0 bridgehead atoms. The minimum Gasteiger partial charge on any atom is -0.311 e. The SMILES string of the molecule is CCCCc1c(N2c3ccc(-c4ccccc4)cc3B3c4cc(-c5ccccc5)ccc4Sc4cc(C(C)(C)C)cc2c43)ccc2c1sc1ccccc12. The molecule has 0 amide bonds. The van der Waals surface area contributed by atoms with E-state index in [1.807, 2.05) is 23.1 Å². The van der Waals surface area contributed by atoms with Crippen LogP contribution in [0.5, 0.6) is 0 Å². The van der Waals surface area contributed by atoms with Crippen LogP contribution >= 0.6 is 23.1 Å². The molecule has 8 aromatic rings. The lowest BCUT2D eigenvalue weighted by Gasteiger charge is -2.42. The fraction of sp³-hybridized carbons (Fsp3) is 0.160. The summed E-state index contributed by atoms with van der Waals surface area (Å²) in [6, 6.07) is 55.1. The van der Waals surface area contributed by atoms with Crippen LogP contribution in [0.15, 0.2) is 155 Å². The third kappa shape index (κ3) is 5.45. The average molecular weight is 732 g/mol. The molecule has 3 heterocycles. The van der Waals surface area contributed by atoms with E-state index in [1.165, 1.54) is 96.8 Å². The molecule has 0 saturated heterocycles. The number of thiophene rings is 1. The van der Waals surface area contributed by atoms with Gasteiger partial charge in [0.05, 0.1) is 5.69 Å². The Morgan fingerprint density at radius 3 is 1.96 bits per heavy atom. The van der Waals surface area contributed by atoms with Crippen LogP contribution in [0.3, 0.4) is 0 Å². The summed E-state index contributed by atoms with van der Waals surface area (Å²) >= 11 is 3.92. The summed E-state index contributed by atoms with van der Waals surface area (Å²) < 4.78 is 2.79. The summed E-state index contributed by atoms with van der Waals surface area (Å²) in [5.74, 6) is 0. The van der Waals surface area contributed by atoms with Gasteiger partial charge in [0, 0.05) is 41.3 Å². The number of aryl methyl sites for hydroxylation is 1. The maximum atomic E-state index is 2.66. The summed E-state index contributed by atoms with van der Waals surface area (Å²) in [6.07, 6.45) is 3.36. The number of hydrogen-bond donors (Lipinski definition) is 0. The van der Waals surface area contributed by atoms with Crippen LogP contribution in [0.1, 0.15) is 51.7 Å². The lowest BCUT2D eigenvalue weighted by molar-refractivity contribution is 0.589.